The van der Waals surface area contributed by atoms with Gasteiger partial charge in [0.15, 0.2) is 15.5 Å². The zero-order valence-electron chi connectivity index (χ0n) is 20.8. The van der Waals surface area contributed by atoms with Crippen LogP contribution in [0.25, 0.3) is 16.8 Å². The molecule has 0 saturated carbocycles. The molecule has 0 amide bonds. The minimum absolute atomic E-state index is 0.162. The van der Waals surface area contributed by atoms with Gasteiger partial charge in [-0.25, -0.2) is 12.9 Å². The molecular formula is C26H28N4O5S. The smallest absolute Gasteiger partial charge is 0.310 e. The van der Waals surface area contributed by atoms with E-state index in [2.05, 4.69) is 15.4 Å². The van der Waals surface area contributed by atoms with Gasteiger partial charge in [0.05, 0.1) is 24.1 Å². The summed E-state index contributed by atoms with van der Waals surface area (Å²) in [5.74, 6) is 0.441. The van der Waals surface area contributed by atoms with Gasteiger partial charge in [0.2, 0.25) is 5.95 Å². The van der Waals surface area contributed by atoms with Crippen molar-refractivity contribution in [3.63, 3.8) is 0 Å². The molecule has 0 spiro atoms. The SMILES string of the molecule is COc1cc(S(C)(=O)=O)ccc1Nc1nc2ccc(-c3ccc(CC(=O)OC(C)(C)C)cc3)cn2n1. The second-order valence-electron chi connectivity index (χ2n) is 9.38. The normalized spacial score (nSPS) is 11.9. The highest BCUT2D eigenvalue weighted by Crippen LogP contribution is 2.30. The highest BCUT2D eigenvalue weighted by Gasteiger charge is 2.17. The molecule has 2 aromatic carbocycles. The lowest BCUT2D eigenvalue weighted by molar-refractivity contribution is -0.153. The van der Waals surface area contributed by atoms with Crippen molar-refractivity contribution in [3.05, 3.63) is 66.4 Å². The lowest BCUT2D eigenvalue weighted by Gasteiger charge is -2.19. The number of benzene rings is 2. The molecule has 0 fully saturated rings. The first-order chi connectivity index (χ1) is 16.9. The maximum atomic E-state index is 12.1. The first kappa shape index (κ1) is 25.2. The van der Waals surface area contributed by atoms with Crippen molar-refractivity contribution in [2.75, 3.05) is 18.7 Å². The zero-order valence-corrected chi connectivity index (χ0v) is 21.6. The molecule has 4 rings (SSSR count). The Hall–Kier alpha value is -3.92. The van der Waals surface area contributed by atoms with E-state index in [0.29, 0.717) is 23.0 Å². The van der Waals surface area contributed by atoms with E-state index < -0.39 is 15.4 Å². The van der Waals surface area contributed by atoms with E-state index in [1.807, 2.05) is 63.4 Å². The number of hydrogen-bond donors (Lipinski definition) is 1. The van der Waals surface area contributed by atoms with Crippen LogP contribution in [-0.4, -0.2) is 48.0 Å². The summed E-state index contributed by atoms with van der Waals surface area (Å²) in [4.78, 5) is 16.7. The predicted octanol–water partition coefficient (Wildman–Crippen LogP) is 4.44. The van der Waals surface area contributed by atoms with Crippen molar-refractivity contribution in [3.8, 4) is 16.9 Å². The van der Waals surface area contributed by atoms with E-state index in [4.69, 9.17) is 9.47 Å². The maximum Gasteiger partial charge on any atom is 0.310 e. The van der Waals surface area contributed by atoms with Gasteiger partial charge in [-0.05, 0) is 56.2 Å². The molecule has 0 aliphatic rings. The summed E-state index contributed by atoms with van der Waals surface area (Å²) in [5, 5.41) is 7.58. The van der Waals surface area contributed by atoms with Gasteiger partial charge >= 0.3 is 5.97 Å². The summed E-state index contributed by atoms with van der Waals surface area (Å²) < 4.78 is 36.0. The van der Waals surface area contributed by atoms with E-state index >= 15 is 0 Å². The number of methoxy groups -OCH3 is 1. The van der Waals surface area contributed by atoms with Crippen LogP contribution in [0.5, 0.6) is 5.75 Å². The fourth-order valence-electron chi connectivity index (χ4n) is 3.59. The molecule has 4 aromatic rings. The van der Waals surface area contributed by atoms with E-state index in [9.17, 15) is 13.2 Å². The largest absolute Gasteiger partial charge is 0.495 e. The summed E-state index contributed by atoms with van der Waals surface area (Å²) in [6, 6.07) is 16.1. The molecule has 1 N–H and O–H groups in total. The van der Waals surface area contributed by atoms with Crippen molar-refractivity contribution in [1.82, 2.24) is 14.6 Å². The molecule has 10 heteroatoms. The number of pyridine rings is 1. The Morgan fingerprint density at radius 3 is 2.36 bits per heavy atom. The molecule has 2 aromatic heterocycles. The highest BCUT2D eigenvalue weighted by atomic mass is 32.2. The van der Waals surface area contributed by atoms with Gasteiger partial charge in [-0.1, -0.05) is 24.3 Å². The second-order valence-corrected chi connectivity index (χ2v) is 11.4. The summed E-state index contributed by atoms with van der Waals surface area (Å²) in [6.45, 7) is 5.54. The average Bonchev–Trinajstić information content (AvgIpc) is 3.19. The van der Waals surface area contributed by atoms with E-state index in [0.717, 1.165) is 22.9 Å². The molecule has 0 atom stereocenters. The second kappa shape index (κ2) is 9.62. The third-order valence-corrected chi connectivity index (χ3v) is 6.34. The number of fused-ring (bicyclic) bond motifs is 1. The molecule has 0 aliphatic heterocycles. The van der Waals surface area contributed by atoms with E-state index in [1.54, 1.807) is 10.6 Å². The molecule has 0 unspecified atom stereocenters. The highest BCUT2D eigenvalue weighted by molar-refractivity contribution is 7.90. The van der Waals surface area contributed by atoms with Crippen molar-refractivity contribution in [2.45, 2.75) is 37.7 Å². The number of rotatable bonds is 7. The monoisotopic (exact) mass is 508 g/mol. The Balaban J connectivity index is 1.52. The van der Waals surface area contributed by atoms with Crippen LogP contribution in [0.15, 0.2) is 65.7 Å². The van der Waals surface area contributed by atoms with Gasteiger partial charge < -0.3 is 14.8 Å². The molecule has 0 saturated heterocycles. The molecule has 36 heavy (non-hydrogen) atoms. The minimum Gasteiger partial charge on any atom is -0.495 e. The molecule has 0 radical (unpaired) electrons. The molecule has 0 aliphatic carbocycles. The summed E-state index contributed by atoms with van der Waals surface area (Å²) >= 11 is 0. The third kappa shape index (κ3) is 6.01. The number of carbonyl (C=O) groups excluding carboxylic acids is 1. The number of nitrogens with zero attached hydrogens (tertiary/aromatic N) is 3. The first-order valence-corrected chi connectivity index (χ1v) is 13.1. The lowest BCUT2D eigenvalue weighted by atomic mass is 10.0. The Bertz CT molecular complexity index is 1520. The third-order valence-electron chi connectivity index (χ3n) is 5.23. The molecule has 0 bridgehead atoms. The Labute approximate surface area is 210 Å². The van der Waals surface area contributed by atoms with Gasteiger partial charge in [-0.3, -0.25) is 4.79 Å². The number of hydrogen-bond acceptors (Lipinski definition) is 8. The lowest BCUT2D eigenvalue weighted by Crippen LogP contribution is -2.24. The Kier molecular flexibility index (Phi) is 6.73. The number of esters is 1. The fourth-order valence-corrected chi connectivity index (χ4v) is 4.23. The summed E-state index contributed by atoms with van der Waals surface area (Å²) in [6.07, 6.45) is 3.22. The Morgan fingerprint density at radius 1 is 1.03 bits per heavy atom. The first-order valence-electron chi connectivity index (χ1n) is 11.2. The van der Waals surface area contributed by atoms with Gasteiger partial charge in [0.25, 0.3) is 0 Å². The van der Waals surface area contributed by atoms with Crippen molar-refractivity contribution >= 4 is 33.1 Å². The Morgan fingerprint density at radius 2 is 1.72 bits per heavy atom. The fraction of sp³-hybridized carbons (Fsp3) is 0.269. The number of anilines is 2. The van der Waals surface area contributed by atoms with Crippen LogP contribution in [0.4, 0.5) is 11.6 Å². The van der Waals surface area contributed by atoms with E-state index in [1.165, 1.54) is 19.2 Å². The average molecular weight is 509 g/mol. The van der Waals surface area contributed by atoms with Crippen LogP contribution in [0.3, 0.4) is 0 Å². The van der Waals surface area contributed by atoms with Gasteiger partial charge in [-0.15, -0.1) is 5.10 Å². The summed E-state index contributed by atoms with van der Waals surface area (Å²) in [5.41, 5.74) is 3.43. The number of nitrogens with one attached hydrogen (secondary N) is 1. The standard InChI is InChI=1S/C26H28N4O5S/c1-26(2,3)35-24(31)14-17-6-8-18(9-7-17)19-10-13-23-28-25(29-30(23)16-19)27-21-12-11-20(36(5,32)33)15-22(21)34-4/h6-13,15-16H,14H2,1-5H3,(H,27,29). The van der Waals surface area contributed by atoms with Gasteiger partial charge in [0, 0.05) is 24.1 Å². The quantitative estimate of drug-likeness (QED) is 0.365. The predicted molar refractivity (Wildman–Crippen MR) is 137 cm³/mol. The van der Waals surface area contributed by atoms with Crippen molar-refractivity contribution in [1.29, 1.82) is 0 Å². The van der Waals surface area contributed by atoms with Crippen LogP contribution in [-0.2, 0) is 25.8 Å². The van der Waals surface area contributed by atoms with Crippen LogP contribution in [0.1, 0.15) is 26.3 Å². The summed E-state index contributed by atoms with van der Waals surface area (Å²) in [7, 11) is -1.89. The number of carbonyl (C=O) groups is 1. The maximum absolute atomic E-state index is 12.1. The zero-order chi connectivity index (χ0) is 26.1. The topological polar surface area (TPSA) is 112 Å². The minimum atomic E-state index is -3.36. The van der Waals surface area contributed by atoms with Crippen LogP contribution >= 0.6 is 0 Å². The molecule has 2 heterocycles. The molecular weight excluding hydrogens is 480 g/mol. The van der Waals surface area contributed by atoms with Gasteiger partial charge in [-0.2, -0.15) is 4.98 Å². The van der Waals surface area contributed by atoms with Crippen molar-refractivity contribution < 1.29 is 22.7 Å². The number of aromatic nitrogens is 3. The number of ether oxygens (including phenoxy) is 2. The van der Waals surface area contributed by atoms with Crippen LogP contribution in [0.2, 0.25) is 0 Å². The van der Waals surface area contributed by atoms with Gasteiger partial charge in [0.1, 0.15) is 11.4 Å². The van der Waals surface area contributed by atoms with E-state index in [-0.39, 0.29) is 17.3 Å². The molecule has 9 nitrogen and oxygen atoms in total. The van der Waals surface area contributed by atoms with Crippen LogP contribution < -0.4 is 10.1 Å². The van der Waals surface area contributed by atoms with Crippen molar-refractivity contribution in [2.24, 2.45) is 0 Å². The number of sulfone groups is 1. The van der Waals surface area contributed by atoms with Crippen LogP contribution in [0, 0.1) is 0 Å². The molecule has 188 valence electrons.